The van der Waals surface area contributed by atoms with Gasteiger partial charge in [0, 0.05) is 10.9 Å². The fraction of sp³-hybridized carbons (Fsp3) is 0.167. The summed E-state index contributed by atoms with van der Waals surface area (Å²) in [6.07, 6.45) is -0.695. The molecule has 1 heterocycles. The van der Waals surface area contributed by atoms with Crippen LogP contribution in [0, 0.1) is 0 Å². The normalized spacial score (nSPS) is 14.4. The van der Waals surface area contributed by atoms with Crippen molar-refractivity contribution in [1.29, 1.82) is 0 Å². The quantitative estimate of drug-likeness (QED) is 0.488. The molecule has 3 aromatic carbocycles. The minimum Gasteiger partial charge on any atom is -0.492 e. The molecule has 0 saturated heterocycles. The predicted molar refractivity (Wildman–Crippen MR) is 114 cm³/mol. The molecule has 4 aromatic rings. The van der Waals surface area contributed by atoms with E-state index in [0.29, 0.717) is 13.2 Å². The first-order chi connectivity index (χ1) is 14.7. The molecule has 150 valence electrons. The number of ether oxygens (including phenoxy) is 1. The van der Waals surface area contributed by atoms with E-state index >= 15 is 0 Å². The summed E-state index contributed by atoms with van der Waals surface area (Å²) in [5, 5.41) is 19.3. The summed E-state index contributed by atoms with van der Waals surface area (Å²) in [7, 11) is 0. The number of carbonyl (C=O) groups excluding carboxylic acids is 1. The Morgan fingerprint density at radius 3 is 2.63 bits per heavy atom. The number of nitrogens with one attached hydrogen (secondary N) is 1. The maximum Gasteiger partial charge on any atom is 0.241 e. The first-order valence-corrected chi connectivity index (χ1v) is 9.94. The minimum atomic E-state index is -0.695. The van der Waals surface area contributed by atoms with Crippen LogP contribution >= 0.6 is 0 Å². The zero-order chi connectivity index (χ0) is 20.5. The second-order valence-corrected chi connectivity index (χ2v) is 7.25. The van der Waals surface area contributed by atoms with Crippen molar-refractivity contribution in [3.8, 4) is 17.0 Å². The summed E-state index contributed by atoms with van der Waals surface area (Å²) < 4.78 is 7.31. The van der Waals surface area contributed by atoms with Crippen LogP contribution in [0.2, 0.25) is 0 Å². The number of amides is 1. The lowest BCUT2D eigenvalue weighted by Crippen LogP contribution is -2.31. The lowest BCUT2D eigenvalue weighted by molar-refractivity contribution is -0.121. The second kappa shape index (κ2) is 7.65. The van der Waals surface area contributed by atoms with Gasteiger partial charge in [0.1, 0.15) is 30.7 Å². The fourth-order valence-corrected chi connectivity index (χ4v) is 3.98. The molecule has 6 heteroatoms. The summed E-state index contributed by atoms with van der Waals surface area (Å²) in [6, 6.07) is 23.0. The monoisotopic (exact) mass is 399 g/mol. The Balaban J connectivity index is 1.34. The number of rotatable bonds is 6. The summed E-state index contributed by atoms with van der Waals surface area (Å²) >= 11 is 0. The van der Waals surface area contributed by atoms with Crippen molar-refractivity contribution in [2.24, 2.45) is 0 Å². The fourth-order valence-electron chi connectivity index (χ4n) is 3.98. The van der Waals surface area contributed by atoms with E-state index in [0.717, 1.165) is 39.0 Å². The highest BCUT2D eigenvalue weighted by Crippen LogP contribution is 2.43. The van der Waals surface area contributed by atoms with Gasteiger partial charge < -0.3 is 15.2 Å². The lowest BCUT2D eigenvalue weighted by Gasteiger charge is -2.21. The lowest BCUT2D eigenvalue weighted by atomic mass is 9.86. The molecule has 1 aromatic heterocycles. The van der Waals surface area contributed by atoms with Crippen molar-refractivity contribution in [3.05, 3.63) is 83.9 Å². The SMILES string of the molecule is O=C(Cn1nc2c3c(cccc31)[C@H](O)c1ccccc1-2)NCCOc1ccccc1. The highest BCUT2D eigenvalue weighted by Gasteiger charge is 2.28. The first kappa shape index (κ1) is 18.4. The van der Waals surface area contributed by atoms with Gasteiger partial charge in [0.15, 0.2) is 0 Å². The summed E-state index contributed by atoms with van der Waals surface area (Å²) in [6.45, 7) is 0.903. The largest absolute Gasteiger partial charge is 0.492 e. The molecule has 0 unspecified atom stereocenters. The molecule has 1 aliphatic carbocycles. The van der Waals surface area contributed by atoms with Gasteiger partial charge >= 0.3 is 0 Å². The smallest absolute Gasteiger partial charge is 0.241 e. The van der Waals surface area contributed by atoms with Gasteiger partial charge in [0.2, 0.25) is 5.91 Å². The average Bonchev–Trinajstić information content (AvgIpc) is 3.15. The third-order valence-corrected chi connectivity index (χ3v) is 5.34. The van der Waals surface area contributed by atoms with E-state index in [4.69, 9.17) is 9.84 Å². The number of nitrogens with zero attached hydrogens (tertiary/aromatic N) is 2. The van der Waals surface area contributed by atoms with Crippen LogP contribution in [0.15, 0.2) is 72.8 Å². The van der Waals surface area contributed by atoms with Gasteiger partial charge in [-0.3, -0.25) is 9.48 Å². The van der Waals surface area contributed by atoms with Crippen LogP contribution in [0.5, 0.6) is 5.75 Å². The van der Waals surface area contributed by atoms with Crippen LogP contribution in [0.1, 0.15) is 17.2 Å². The number of aromatic nitrogens is 2. The molecule has 0 saturated carbocycles. The summed E-state index contributed by atoms with van der Waals surface area (Å²) in [5.41, 5.74) is 4.21. The second-order valence-electron chi connectivity index (χ2n) is 7.25. The number of benzene rings is 3. The van der Waals surface area contributed by atoms with E-state index in [1.165, 1.54) is 0 Å². The molecule has 0 spiro atoms. The average molecular weight is 399 g/mol. The molecule has 30 heavy (non-hydrogen) atoms. The van der Waals surface area contributed by atoms with E-state index in [9.17, 15) is 9.90 Å². The molecule has 1 amide bonds. The number of aliphatic hydroxyl groups excluding tert-OH is 1. The van der Waals surface area contributed by atoms with Crippen LogP contribution in [0.4, 0.5) is 0 Å². The molecule has 6 nitrogen and oxygen atoms in total. The van der Waals surface area contributed by atoms with Gasteiger partial charge in [0.25, 0.3) is 0 Å². The summed E-state index contributed by atoms with van der Waals surface area (Å²) in [5.74, 6) is 0.638. The highest BCUT2D eigenvalue weighted by atomic mass is 16.5. The number of aliphatic hydroxyl groups is 1. The molecule has 1 atom stereocenters. The van der Waals surface area contributed by atoms with Crippen LogP contribution in [-0.4, -0.2) is 33.9 Å². The van der Waals surface area contributed by atoms with Crippen LogP contribution in [0.25, 0.3) is 22.2 Å². The van der Waals surface area contributed by atoms with Gasteiger partial charge in [-0.15, -0.1) is 0 Å². The van der Waals surface area contributed by atoms with E-state index < -0.39 is 6.10 Å². The van der Waals surface area contributed by atoms with Crippen molar-refractivity contribution in [2.75, 3.05) is 13.2 Å². The number of carbonyl (C=O) groups is 1. The number of fused-ring (bicyclic) bond motifs is 2. The Morgan fingerprint density at radius 2 is 1.77 bits per heavy atom. The van der Waals surface area contributed by atoms with Gasteiger partial charge in [-0.1, -0.05) is 54.6 Å². The minimum absolute atomic E-state index is 0.101. The van der Waals surface area contributed by atoms with Gasteiger partial charge in [-0.05, 0) is 29.3 Å². The van der Waals surface area contributed by atoms with Crippen molar-refractivity contribution >= 4 is 16.8 Å². The van der Waals surface area contributed by atoms with Crippen LogP contribution in [0.3, 0.4) is 0 Å². The summed E-state index contributed by atoms with van der Waals surface area (Å²) in [4.78, 5) is 12.5. The van der Waals surface area contributed by atoms with E-state index in [1.807, 2.05) is 72.8 Å². The third-order valence-electron chi connectivity index (χ3n) is 5.34. The predicted octanol–water partition coefficient (Wildman–Crippen LogP) is 3.29. The van der Waals surface area contributed by atoms with Gasteiger partial charge in [-0.2, -0.15) is 5.10 Å². The Morgan fingerprint density at radius 1 is 1.00 bits per heavy atom. The molecule has 0 aliphatic heterocycles. The van der Waals surface area contributed by atoms with Crippen molar-refractivity contribution in [3.63, 3.8) is 0 Å². The standard InChI is InChI=1S/C24H21N3O3/c28-21(25-13-14-30-16-7-2-1-3-8-16)15-27-20-12-6-11-19-22(20)23(26-27)17-9-4-5-10-18(17)24(19)29/h1-12,24,29H,13-15H2,(H,25,28)/t24-/m1/s1. The van der Waals surface area contributed by atoms with Gasteiger partial charge in [0.05, 0.1) is 12.1 Å². The van der Waals surface area contributed by atoms with E-state index in [2.05, 4.69) is 5.32 Å². The van der Waals surface area contributed by atoms with Crippen LogP contribution in [-0.2, 0) is 11.3 Å². The van der Waals surface area contributed by atoms with Crippen molar-refractivity contribution in [2.45, 2.75) is 12.6 Å². The van der Waals surface area contributed by atoms with E-state index in [-0.39, 0.29) is 12.5 Å². The number of para-hydroxylation sites is 1. The third kappa shape index (κ3) is 3.21. The molecule has 5 rings (SSSR count). The van der Waals surface area contributed by atoms with Crippen molar-refractivity contribution in [1.82, 2.24) is 15.1 Å². The highest BCUT2D eigenvalue weighted by molar-refractivity contribution is 6.00. The molecule has 1 aliphatic rings. The Labute approximate surface area is 173 Å². The Kier molecular flexibility index (Phi) is 4.69. The zero-order valence-corrected chi connectivity index (χ0v) is 16.3. The number of hydrogen-bond acceptors (Lipinski definition) is 4. The maximum atomic E-state index is 12.5. The zero-order valence-electron chi connectivity index (χ0n) is 16.3. The van der Waals surface area contributed by atoms with Crippen molar-refractivity contribution < 1.29 is 14.6 Å². The number of hydrogen-bond donors (Lipinski definition) is 2. The van der Waals surface area contributed by atoms with Gasteiger partial charge in [-0.25, -0.2) is 0 Å². The molecular weight excluding hydrogens is 378 g/mol. The Hall–Kier alpha value is -3.64. The Bertz CT molecular complexity index is 1220. The molecular formula is C24H21N3O3. The first-order valence-electron chi connectivity index (χ1n) is 9.94. The molecule has 0 fully saturated rings. The topological polar surface area (TPSA) is 76.4 Å². The maximum absolute atomic E-state index is 12.5. The molecule has 0 bridgehead atoms. The molecule has 2 N–H and O–H groups in total. The van der Waals surface area contributed by atoms with E-state index in [1.54, 1.807) is 4.68 Å². The van der Waals surface area contributed by atoms with Crippen LogP contribution < -0.4 is 10.1 Å². The molecule has 0 radical (unpaired) electrons.